The van der Waals surface area contributed by atoms with Crippen LogP contribution < -0.4 is 10.2 Å². The van der Waals surface area contributed by atoms with Crippen molar-refractivity contribution in [1.82, 2.24) is 9.55 Å². The zero-order valence-electron chi connectivity index (χ0n) is 16.8. The number of hydrogen-bond acceptors (Lipinski definition) is 2. The Bertz CT molecular complexity index is 985. The highest BCUT2D eigenvalue weighted by Gasteiger charge is 2.16. The van der Waals surface area contributed by atoms with Crippen LogP contribution in [0.5, 0.6) is 0 Å². The minimum absolute atomic E-state index is 0.0899. The number of fused-ring (bicyclic) bond motifs is 1. The maximum atomic E-state index is 12.5. The van der Waals surface area contributed by atoms with Crippen molar-refractivity contribution in [3.8, 4) is 0 Å². The summed E-state index contributed by atoms with van der Waals surface area (Å²) < 4.78 is 2.19. The van der Waals surface area contributed by atoms with E-state index in [1.165, 1.54) is 32.4 Å². The van der Waals surface area contributed by atoms with Gasteiger partial charge in [0.25, 0.3) is 5.91 Å². The molecule has 1 aromatic heterocycles. The topological polar surface area (TPSA) is 51.4 Å². The number of aryl methyl sites for hydroxylation is 2. The molecule has 3 aromatic rings. The van der Waals surface area contributed by atoms with Gasteiger partial charge in [-0.05, 0) is 56.5 Å². The fourth-order valence-corrected chi connectivity index (χ4v) is 4.13. The Morgan fingerprint density at radius 2 is 1.96 bits per heavy atom. The quantitative estimate of drug-likeness (QED) is 0.718. The molecule has 2 aromatic carbocycles. The van der Waals surface area contributed by atoms with Crippen LogP contribution in [-0.2, 0) is 13.5 Å². The zero-order chi connectivity index (χ0) is 19.5. The van der Waals surface area contributed by atoms with E-state index in [2.05, 4.69) is 16.9 Å². The monoisotopic (exact) mass is 377 g/mol. The van der Waals surface area contributed by atoms with Crippen molar-refractivity contribution in [2.24, 2.45) is 7.05 Å². The van der Waals surface area contributed by atoms with Gasteiger partial charge in [0.05, 0.1) is 37.1 Å². The summed E-state index contributed by atoms with van der Waals surface area (Å²) in [5, 5.41) is 3.00. The van der Waals surface area contributed by atoms with Crippen molar-refractivity contribution >= 4 is 22.6 Å². The standard InChI is InChI=1S/C23H28N4O/c1-17-7-6-8-18(15-17)23(28)24-19-9-10-21-20(16-19)25-22(26(21)2)11-14-27-12-4-3-5-13-27/h6-10,15-16H,3-5,11-14H2,1-2H3,(H,24,28)/p+1. The number of piperidine rings is 1. The number of likely N-dealkylation sites (tertiary alicyclic amines) is 1. The molecular formula is C23H29N4O+. The second-order valence-electron chi connectivity index (χ2n) is 7.92. The summed E-state index contributed by atoms with van der Waals surface area (Å²) in [6.07, 6.45) is 5.07. The lowest BCUT2D eigenvalue weighted by Crippen LogP contribution is -3.13. The van der Waals surface area contributed by atoms with Crippen LogP contribution in [0.3, 0.4) is 0 Å². The third kappa shape index (κ3) is 4.09. The number of quaternary nitrogens is 1. The van der Waals surface area contributed by atoms with Crippen molar-refractivity contribution in [3.63, 3.8) is 0 Å². The minimum Gasteiger partial charge on any atom is -0.335 e. The first-order chi connectivity index (χ1) is 13.6. The first kappa shape index (κ1) is 18.7. The predicted molar refractivity (Wildman–Crippen MR) is 113 cm³/mol. The van der Waals surface area contributed by atoms with Crippen molar-refractivity contribution in [2.45, 2.75) is 32.6 Å². The molecule has 4 rings (SSSR count). The van der Waals surface area contributed by atoms with Crippen LogP contribution in [0.2, 0.25) is 0 Å². The normalized spacial score (nSPS) is 15.1. The summed E-state index contributed by atoms with van der Waals surface area (Å²) in [5.74, 6) is 1.03. The minimum atomic E-state index is -0.0899. The number of hydrogen-bond donors (Lipinski definition) is 2. The average molecular weight is 378 g/mol. The van der Waals surface area contributed by atoms with Crippen molar-refractivity contribution in [1.29, 1.82) is 0 Å². The largest absolute Gasteiger partial charge is 0.335 e. The van der Waals surface area contributed by atoms with E-state index in [4.69, 9.17) is 4.98 Å². The van der Waals surface area contributed by atoms with Gasteiger partial charge in [-0.1, -0.05) is 17.7 Å². The van der Waals surface area contributed by atoms with Crippen molar-refractivity contribution in [3.05, 3.63) is 59.4 Å². The molecule has 28 heavy (non-hydrogen) atoms. The SMILES string of the molecule is Cc1cccc(C(=O)Nc2ccc3c(c2)nc(CC[NH+]2CCCCC2)n3C)c1. The zero-order valence-corrected chi connectivity index (χ0v) is 16.8. The lowest BCUT2D eigenvalue weighted by atomic mass is 10.1. The van der Waals surface area contributed by atoms with E-state index in [1.54, 1.807) is 4.90 Å². The van der Waals surface area contributed by atoms with E-state index >= 15 is 0 Å². The van der Waals surface area contributed by atoms with Crippen LogP contribution in [0.4, 0.5) is 5.69 Å². The number of imidazole rings is 1. The van der Waals surface area contributed by atoms with E-state index in [1.807, 2.05) is 49.4 Å². The molecule has 5 nitrogen and oxygen atoms in total. The van der Waals surface area contributed by atoms with Gasteiger partial charge in [-0.25, -0.2) is 4.98 Å². The Labute approximate surface area is 166 Å². The summed E-state index contributed by atoms with van der Waals surface area (Å²) >= 11 is 0. The Balaban J connectivity index is 1.48. The Hall–Kier alpha value is -2.66. The van der Waals surface area contributed by atoms with Gasteiger partial charge in [0.2, 0.25) is 0 Å². The lowest BCUT2D eigenvalue weighted by Gasteiger charge is -2.23. The van der Waals surface area contributed by atoms with Gasteiger partial charge in [0, 0.05) is 18.3 Å². The van der Waals surface area contributed by atoms with E-state index < -0.39 is 0 Å². The molecule has 0 spiro atoms. The molecule has 0 saturated carbocycles. The van der Waals surface area contributed by atoms with E-state index in [9.17, 15) is 4.79 Å². The molecule has 1 saturated heterocycles. The summed E-state index contributed by atoms with van der Waals surface area (Å²) in [6.45, 7) is 5.72. The molecule has 1 amide bonds. The fourth-order valence-electron chi connectivity index (χ4n) is 4.13. The molecule has 0 atom stereocenters. The molecule has 1 aliphatic heterocycles. The molecule has 0 unspecified atom stereocenters. The number of amides is 1. The number of anilines is 1. The van der Waals surface area contributed by atoms with Gasteiger partial charge in [-0.15, -0.1) is 0 Å². The van der Waals surface area contributed by atoms with Gasteiger partial charge in [0.15, 0.2) is 0 Å². The van der Waals surface area contributed by atoms with E-state index in [0.29, 0.717) is 5.56 Å². The van der Waals surface area contributed by atoms with Gasteiger partial charge >= 0.3 is 0 Å². The third-order valence-corrected chi connectivity index (χ3v) is 5.77. The van der Waals surface area contributed by atoms with E-state index in [0.717, 1.165) is 41.1 Å². The molecule has 5 heteroatoms. The molecular weight excluding hydrogens is 348 g/mol. The first-order valence-electron chi connectivity index (χ1n) is 10.3. The highest BCUT2D eigenvalue weighted by Crippen LogP contribution is 2.20. The maximum Gasteiger partial charge on any atom is 0.255 e. The van der Waals surface area contributed by atoms with Crippen molar-refractivity contribution < 1.29 is 9.69 Å². The second kappa shape index (κ2) is 8.15. The van der Waals surface area contributed by atoms with Crippen molar-refractivity contribution in [2.75, 3.05) is 25.0 Å². The lowest BCUT2D eigenvalue weighted by molar-refractivity contribution is -0.904. The van der Waals surface area contributed by atoms with Crippen LogP contribution in [0, 0.1) is 6.92 Å². The molecule has 146 valence electrons. The summed E-state index contributed by atoms with van der Waals surface area (Å²) in [7, 11) is 2.08. The van der Waals surface area contributed by atoms with Crippen LogP contribution >= 0.6 is 0 Å². The number of carbonyl (C=O) groups excluding carboxylic acids is 1. The summed E-state index contributed by atoms with van der Waals surface area (Å²) in [6, 6.07) is 13.6. The highest BCUT2D eigenvalue weighted by molar-refractivity contribution is 6.05. The predicted octanol–water partition coefficient (Wildman–Crippen LogP) is 2.75. The summed E-state index contributed by atoms with van der Waals surface area (Å²) in [5.41, 5.74) is 4.58. The van der Waals surface area contributed by atoms with Gasteiger partial charge in [-0.3, -0.25) is 4.79 Å². The molecule has 1 aliphatic rings. The Morgan fingerprint density at radius 1 is 1.14 bits per heavy atom. The molecule has 1 fully saturated rings. The smallest absolute Gasteiger partial charge is 0.255 e. The van der Waals surface area contributed by atoms with Crippen LogP contribution in [-0.4, -0.2) is 35.1 Å². The molecule has 0 bridgehead atoms. The maximum absolute atomic E-state index is 12.5. The number of carbonyl (C=O) groups is 1. The van der Waals surface area contributed by atoms with Gasteiger partial charge < -0.3 is 14.8 Å². The number of benzene rings is 2. The highest BCUT2D eigenvalue weighted by atomic mass is 16.1. The average Bonchev–Trinajstić information content (AvgIpc) is 3.02. The fraction of sp³-hybridized carbons (Fsp3) is 0.391. The van der Waals surface area contributed by atoms with Crippen LogP contribution in [0.1, 0.15) is 41.0 Å². The molecule has 2 heterocycles. The number of nitrogens with one attached hydrogen (secondary N) is 2. The third-order valence-electron chi connectivity index (χ3n) is 5.77. The van der Waals surface area contributed by atoms with E-state index in [-0.39, 0.29) is 5.91 Å². The Kier molecular flexibility index (Phi) is 5.44. The Morgan fingerprint density at radius 3 is 2.75 bits per heavy atom. The number of nitrogens with zero attached hydrogens (tertiary/aromatic N) is 2. The second-order valence-corrected chi connectivity index (χ2v) is 7.92. The van der Waals surface area contributed by atoms with Crippen LogP contribution in [0.15, 0.2) is 42.5 Å². The first-order valence-corrected chi connectivity index (χ1v) is 10.3. The molecule has 0 radical (unpaired) electrons. The molecule has 2 N–H and O–H groups in total. The molecule has 0 aliphatic carbocycles. The van der Waals surface area contributed by atoms with Gasteiger partial charge in [-0.2, -0.15) is 0 Å². The van der Waals surface area contributed by atoms with Crippen LogP contribution in [0.25, 0.3) is 11.0 Å². The number of rotatable bonds is 5. The van der Waals surface area contributed by atoms with Gasteiger partial charge in [0.1, 0.15) is 5.82 Å². The number of aromatic nitrogens is 2. The summed E-state index contributed by atoms with van der Waals surface area (Å²) in [4.78, 5) is 19.1.